The number of nitrogens with one attached hydrogen (secondary N) is 1. The number of carbonyl (C=O) groups is 1. The third kappa shape index (κ3) is 22.2. The lowest BCUT2D eigenvalue weighted by Crippen LogP contribution is -2.48. The summed E-state index contributed by atoms with van der Waals surface area (Å²) in [4.78, 5) is 15.3. The fraction of sp³-hybridized carbons (Fsp3) is 0.957. The average Bonchev–Trinajstić information content (AvgIpc) is 2.63. The molecule has 0 radical (unpaired) electrons. The average molecular weight is 435 g/mol. The quantitative estimate of drug-likeness (QED) is 0.155. The van der Waals surface area contributed by atoms with Crippen molar-refractivity contribution in [1.29, 1.82) is 0 Å². The second-order valence-electron chi connectivity index (χ2n) is 9.02. The molecule has 0 fully saturated rings. The highest BCUT2D eigenvalue weighted by atomic mass is 35.5. The smallest absolute Gasteiger partial charge is 0.212 e. The Kier molecular flexibility index (Phi) is 23.3. The highest BCUT2D eigenvalue weighted by molar-refractivity contribution is 6.77. The minimum absolute atomic E-state index is 0. The molecule has 0 atom stereocenters. The summed E-state index contributed by atoms with van der Waals surface area (Å²) in [6, 6.07) is 1.09. The SMILES string of the molecule is CCCCCCCCCCCCCCCCCC(=O)N[Si](C)(C)CCCN.Cl. The summed E-state index contributed by atoms with van der Waals surface area (Å²) in [5, 5.41) is 0. The molecule has 3 nitrogen and oxygen atoms in total. The van der Waals surface area contributed by atoms with E-state index >= 15 is 0 Å². The summed E-state index contributed by atoms with van der Waals surface area (Å²) in [5.74, 6) is 0.262. The maximum Gasteiger partial charge on any atom is 0.212 e. The molecule has 0 aliphatic carbocycles. The third-order valence-corrected chi connectivity index (χ3v) is 8.05. The Labute approximate surface area is 183 Å². The van der Waals surface area contributed by atoms with Crippen LogP contribution in [-0.4, -0.2) is 20.7 Å². The van der Waals surface area contributed by atoms with Crippen molar-refractivity contribution in [3.8, 4) is 0 Å². The van der Waals surface area contributed by atoms with Crippen molar-refractivity contribution in [2.24, 2.45) is 5.73 Å². The van der Waals surface area contributed by atoms with Gasteiger partial charge in [0.05, 0.1) is 0 Å². The van der Waals surface area contributed by atoms with Crippen LogP contribution in [0, 0.1) is 0 Å². The first kappa shape index (κ1) is 30.1. The van der Waals surface area contributed by atoms with Crippen molar-refractivity contribution >= 4 is 26.5 Å². The van der Waals surface area contributed by atoms with Gasteiger partial charge in [-0.15, -0.1) is 12.4 Å². The van der Waals surface area contributed by atoms with Gasteiger partial charge in [0.25, 0.3) is 0 Å². The highest BCUT2D eigenvalue weighted by Crippen LogP contribution is 2.14. The van der Waals surface area contributed by atoms with Crippen LogP contribution in [0.4, 0.5) is 0 Å². The van der Waals surface area contributed by atoms with Crippen LogP contribution in [-0.2, 0) is 4.79 Å². The first-order valence-electron chi connectivity index (χ1n) is 12.0. The lowest BCUT2D eigenvalue weighted by Gasteiger charge is -2.23. The van der Waals surface area contributed by atoms with Gasteiger partial charge in [-0.3, -0.25) is 4.79 Å². The summed E-state index contributed by atoms with van der Waals surface area (Å²) in [6.45, 7) is 7.47. The fourth-order valence-electron chi connectivity index (χ4n) is 3.70. The first-order valence-corrected chi connectivity index (χ1v) is 15.2. The Balaban J connectivity index is 0. The zero-order valence-corrected chi connectivity index (χ0v) is 21.1. The number of unbranched alkanes of at least 4 members (excludes halogenated alkanes) is 14. The number of rotatable bonds is 20. The standard InChI is InChI=1S/C23H50N2OSi.ClH/c1-4-5-6-7-8-9-10-11-12-13-14-15-16-17-18-20-23(26)25-27(2,3)22-19-21-24;/h4-22,24H2,1-3H3,(H,25,26);1H. The molecule has 0 aromatic carbocycles. The van der Waals surface area contributed by atoms with Gasteiger partial charge in [-0.2, -0.15) is 0 Å². The van der Waals surface area contributed by atoms with Crippen LogP contribution in [0.3, 0.4) is 0 Å². The zero-order valence-electron chi connectivity index (χ0n) is 19.3. The van der Waals surface area contributed by atoms with E-state index in [4.69, 9.17) is 5.73 Å². The van der Waals surface area contributed by atoms with Crippen molar-refractivity contribution in [3.63, 3.8) is 0 Å². The van der Waals surface area contributed by atoms with Gasteiger partial charge in [-0.25, -0.2) is 0 Å². The predicted molar refractivity (Wildman–Crippen MR) is 131 cm³/mol. The fourth-order valence-corrected chi connectivity index (χ4v) is 5.80. The van der Waals surface area contributed by atoms with E-state index in [-0.39, 0.29) is 18.3 Å². The van der Waals surface area contributed by atoms with Gasteiger partial charge in [-0.05, 0) is 25.4 Å². The molecule has 0 spiro atoms. The van der Waals surface area contributed by atoms with Crippen LogP contribution >= 0.6 is 12.4 Å². The third-order valence-electron chi connectivity index (χ3n) is 5.49. The Morgan fingerprint density at radius 1 is 0.714 bits per heavy atom. The van der Waals surface area contributed by atoms with Crippen LogP contribution in [0.2, 0.25) is 19.1 Å². The lowest BCUT2D eigenvalue weighted by atomic mass is 10.0. The topological polar surface area (TPSA) is 55.1 Å². The van der Waals surface area contributed by atoms with E-state index in [1.807, 2.05) is 0 Å². The normalized spacial score (nSPS) is 11.3. The maximum atomic E-state index is 12.0. The number of carbonyl (C=O) groups excluding carboxylic acids is 1. The molecule has 3 N–H and O–H groups in total. The van der Waals surface area contributed by atoms with Crippen LogP contribution in [0.1, 0.15) is 116 Å². The van der Waals surface area contributed by atoms with E-state index in [1.54, 1.807) is 0 Å². The minimum Gasteiger partial charge on any atom is -0.382 e. The molecule has 0 aliphatic heterocycles. The van der Waals surface area contributed by atoms with Crippen LogP contribution in [0.15, 0.2) is 0 Å². The van der Waals surface area contributed by atoms with Crippen molar-refractivity contribution in [3.05, 3.63) is 0 Å². The summed E-state index contributed by atoms with van der Waals surface area (Å²) < 4.78 is 0. The van der Waals surface area contributed by atoms with Crippen molar-refractivity contribution < 1.29 is 4.79 Å². The minimum atomic E-state index is -1.58. The van der Waals surface area contributed by atoms with E-state index in [2.05, 4.69) is 25.0 Å². The molecular formula is C23H51ClN2OSi. The zero-order chi connectivity index (χ0) is 20.2. The van der Waals surface area contributed by atoms with Crippen molar-refractivity contribution in [1.82, 2.24) is 4.98 Å². The van der Waals surface area contributed by atoms with Gasteiger partial charge < -0.3 is 10.7 Å². The Bertz CT molecular complexity index is 341. The molecule has 170 valence electrons. The molecule has 0 heterocycles. The van der Waals surface area contributed by atoms with Crippen LogP contribution < -0.4 is 10.7 Å². The van der Waals surface area contributed by atoms with Gasteiger partial charge >= 0.3 is 0 Å². The molecule has 0 saturated carbocycles. The van der Waals surface area contributed by atoms with Crippen LogP contribution in [0.25, 0.3) is 0 Å². The molecule has 0 unspecified atom stereocenters. The monoisotopic (exact) mass is 434 g/mol. The number of hydrogen-bond acceptors (Lipinski definition) is 2. The second kappa shape index (κ2) is 21.6. The number of nitrogens with two attached hydrogens (primary N) is 1. The molecule has 0 aromatic heterocycles. The largest absolute Gasteiger partial charge is 0.382 e. The van der Waals surface area contributed by atoms with Gasteiger partial charge in [0.2, 0.25) is 5.91 Å². The van der Waals surface area contributed by atoms with E-state index in [0.717, 1.165) is 25.4 Å². The molecule has 0 aliphatic rings. The van der Waals surface area contributed by atoms with Crippen LogP contribution in [0.5, 0.6) is 0 Å². The first-order chi connectivity index (χ1) is 13.0. The van der Waals surface area contributed by atoms with E-state index < -0.39 is 8.24 Å². The van der Waals surface area contributed by atoms with Gasteiger partial charge in [-0.1, -0.05) is 110 Å². The molecular weight excluding hydrogens is 384 g/mol. The number of halogens is 1. The van der Waals surface area contributed by atoms with Crippen molar-refractivity contribution in [2.45, 2.75) is 135 Å². The summed E-state index contributed by atoms with van der Waals surface area (Å²) in [7, 11) is -1.58. The predicted octanol–water partition coefficient (Wildman–Crippen LogP) is 7.34. The van der Waals surface area contributed by atoms with E-state index in [9.17, 15) is 4.79 Å². The van der Waals surface area contributed by atoms with Gasteiger partial charge in [0.15, 0.2) is 8.24 Å². The molecule has 5 heteroatoms. The Morgan fingerprint density at radius 2 is 1.11 bits per heavy atom. The highest BCUT2D eigenvalue weighted by Gasteiger charge is 2.22. The summed E-state index contributed by atoms with van der Waals surface area (Å²) in [5.41, 5.74) is 5.57. The lowest BCUT2D eigenvalue weighted by molar-refractivity contribution is -0.119. The van der Waals surface area contributed by atoms with Gasteiger partial charge in [0, 0.05) is 6.42 Å². The van der Waals surface area contributed by atoms with Crippen molar-refractivity contribution in [2.75, 3.05) is 6.54 Å². The second-order valence-corrected chi connectivity index (χ2v) is 13.5. The molecule has 28 heavy (non-hydrogen) atoms. The summed E-state index contributed by atoms with van der Waals surface area (Å²) in [6.07, 6.45) is 22.2. The Hall–Kier alpha value is -0.0631. The molecule has 1 amide bonds. The molecule has 0 saturated heterocycles. The molecule has 0 bridgehead atoms. The number of amides is 1. The molecule has 0 rings (SSSR count). The van der Waals surface area contributed by atoms with E-state index in [1.165, 1.54) is 89.9 Å². The maximum absolute atomic E-state index is 12.0. The van der Waals surface area contributed by atoms with Gasteiger partial charge in [0.1, 0.15) is 0 Å². The Morgan fingerprint density at radius 3 is 1.50 bits per heavy atom. The summed E-state index contributed by atoms with van der Waals surface area (Å²) >= 11 is 0. The van der Waals surface area contributed by atoms with E-state index in [0.29, 0.717) is 6.42 Å². The molecule has 0 aromatic rings. The number of hydrogen-bond donors (Lipinski definition) is 2.